The van der Waals surface area contributed by atoms with Crippen LogP contribution in [-0.2, 0) is 12.0 Å². The van der Waals surface area contributed by atoms with E-state index in [2.05, 4.69) is 14.6 Å². The van der Waals surface area contributed by atoms with Gasteiger partial charge in [-0.15, -0.1) is 0 Å². The minimum absolute atomic E-state index is 0.0428. The maximum Gasteiger partial charge on any atom is 0.385 e. The Morgan fingerprint density at radius 3 is 2.92 bits per heavy atom. The summed E-state index contributed by atoms with van der Waals surface area (Å²) in [6, 6.07) is 2.87. The van der Waals surface area contributed by atoms with Crippen LogP contribution in [0.15, 0.2) is 23.1 Å². The first-order valence-electron chi connectivity index (χ1n) is 7.30. The van der Waals surface area contributed by atoms with Crippen LogP contribution in [0.4, 0.5) is 4.53 Å². The normalized spacial score (nSPS) is 15.3. The van der Waals surface area contributed by atoms with Gasteiger partial charge in [0.05, 0.1) is 10.3 Å². The maximum atomic E-state index is 12.2. The summed E-state index contributed by atoms with van der Waals surface area (Å²) in [5.41, 5.74) is -0.292. The number of pyridine rings is 2. The molecule has 0 atom stereocenters. The van der Waals surface area contributed by atoms with E-state index in [0.717, 1.165) is 12.8 Å². The first-order chi connectivity index (χ1) is 11.5. The van der Waals surface area contributed by atoms with Crippen LogP contribution in [0.3, 0.4) is 0 Å². The Morgan fingerprint density at radius 1 is 1.54 bits per heavy atom. The zero-order chi connectivity index (χ0) is 17.3. The molecule has 24 heavy (non-hydrogen) atoms. The van der Waals surface area contributed by atoms with Crippen LogP contribution in [0.1, 0.15) is 23.2 Å². The molecule has 0 radical (unpaired) electrons. The van der Waals surface area contributed by atoms with Crippen LogP contribution in [-0.4, -0.2) is 33.9 Å². The second kappa shape index (κ2) is 6.40. The van der Waals surface area contributed by atoms with Gasteiger partial charge in [0.15, 0.2) is 0 Å². The molecule has 2 aromatic heterocycles. The number of carbonyl (C=O) groups excluding carboxylic acids is 1. The van der Waals surface area contributed by atoms with E-state index < -0.39 is 17.1 Å². The van der Waals surface area contributed by atoms with E-state index in [-0.39, 0.29) is 4.75 Å². The number of hydrogen-bond acceptors (Lipinski definition) is 7. The van der Waals surface area contributed by atoms with E-state index >= 15 is 0 Å². The number of rotatable bonds is 6. The minimum Gasteiger partial charge on any atom is -0.490 e. The zero-order valence-electron chi connectivity index (χ0n) is 13.2. The molecule has 2 heterocycles. The molecule has 1 fully saturated rings. The summed E-state index contributed by atoms with van der Waals surface area (Å²) in [5.74, 6) is -0.851. The lowest BCUT2D eigenvalue weighted by atomic mass is 10.2. The SMILES string of the molecule is CNSC1(COc2ccnc3cc(C(=O)OF)c(=O)n(C)c23)CC1. The molecular weight excluding hydrogens is 337 g/mol. The van der Waals surface area contributed by atoms with Crippen LogP contribution in [0.25, 0.3) is 11.0 Å². The fourth-order valence-corrected chi connectivity index (χ4v) is 3.38. The lowest BCUT2D eigenvalue weighted by molar-refractivity contribution is -0.0789. The van der Waals surface area contributed by atoms with Crippen LogP contribution in [0, 0.1) is 0 Å². The van der Waals surface area contributed by atoms with Crippen molar-refractivity contribution in [3.8, 4) is 5.75 Å². The van der Waals surface area contributed by atoms with Crippen molar-refractivity contribution in [1.82, 2.24) is 14.3 Å². The summed E-state index contributed by atoms with van der Waals surface area (Å²) >= 11 is 1.62. The highest BCUT2D eigenvalue weighted by molar-refractivity contribution is 7.99. The van der Waals surface area contributed by atoms with Crippen LogP contribution in [0.5, 0.6) is 5.75 Å². The average molecular weight is 353 g/mol. The van der Waals surface area contributed by atoms with Crippen molar-refractivity contribution in [3.63, 3.8) is 0 Å². The number of aromatic nitrogens is 2. The maximum absolute atomic E-state index is 12.2. The number of nitrogens with zero attached hydrogens (tertiary/aromatic N) is 2. The van der Waals surface area contributed by atoms with Crippen molar-refractivity contribution >= 4 is 29.0 Å². The van der Waals surface area contributed by atoms with Gasteiger partial charge in [0.25, 0.3) is 5.56 Å². The van der Waals surface area contributed by atoms with Gasteiger partial charge < -0.3 is 9.30 Å². The summed E-state index contributed by atoms with van der Waals surface area (Å²) in [6.07, 6.45) is 3.61. The summed E-state index contributed by atoms with van der Waals surface area (Å²) in [4.78, 5) is 30.9. The number of fused-ring (bicyclic) bond motifs is 1. The molecule has 0 spiro atoms. The highest BCUT2D eigenvalue weighted by atomic mass is 32.2. The van der Waals surface area contributed by atoms with Gasteiger partial charge in [-0.3, -0.25) is 14.5 Å². The van der Waals surface area contributed by atoms with E-state index in [4.69, 9.17) is 4.74 Å². The van der Waals surface area contributed by atoms with Gasteiger partial charge >= 0.3 is 5.97 Å². The zero-order valence-corrected chi connectivity index (χ0v) is 14.0. The number of carbonyl (C=O) groups is 1. The Bertz CT molecular complexity index is 850. The molecule has 0 amide bonds. The molecule has 3 rings (SSSR count). The standard InChI is InChI=1S/C15H16FN3O4S/c1-17-24-15(4-5-15)8-22-11-3-6-18-10-7-9(14(21)23-16)13(20)19(2)12(10)11/h3,6-7,17H,4-5,8H2,1-2H3. The van der Waals surface area contributed by atoms with E-state index in [1.54, 1.807) is 18.0 Å². The molecule has 128 valence electrons. The van der Waals surface area contributed by atoms with Gasteiger partial charge in [0, 0.05) is 23.8 Å². The molecule has 9 heteroatoms. The van der Waals surface area contributed by atoms with Gasteiger partial charge in [-0.1, -0.05) is 11.9 Å². The van der Waals surface area contributed by atoms with Gasteiger partial charge in [-0.25, -0.2) is 9.74 Å². The molecular formula is C15H16FN3O4S. The monoisotopic (exact) mass is 353 g/mol. The molecule has 0 aliphatic heterocycles. The van der Waals surface area contributed by atoms with Crippen molar-refractivity contribution in [1.29, 1.82) is 0 Å². The van der Waals surface area contributed by atoms with Gasteiger partial charge in [-0.2, -0.15) is 0 Å². The lowest BCUT2D eigenvalue weighted by Gasteiger charge is -2.17. The topological polar surface area (TPSA) is 82.5 Å². The third-order valence-electron chi connectivity index (χ3n) is 3.97. The van der Waals surface area contributed by atoms with Crippen LogP contribution >= 0.6 is 11.9 Å². The molecule has 0 saturated heterocycles. The fraction of sp³-hybridized carbons (Fsp3) is 0.400. The quantitative estimate of drug-likeness (QED) is 0.792. The highest BCUT2D eigenvalue weighted by Crippen LogP contribution is 2.47. The van der Waals surface area contributed by atoms with E-state index in [0.29, 0.717) is 23.4 Å². The second-order valence-corrected chi connectivity index (χ2v) is 7.09. The predicted molar refractivity (Wildman–Crippen MR) is 87.6 cm³/mol. The Morgan fingerprint density at radius 2 is 2.29 bits per heavy atom. The third kappa shape index (κ3) is 2.96. The van der Waals surface area contributed by atoms with Crippen molar-refractivity contribution in [3.05, 3.63) is 34.2 Å². The largest absolute Gasteiger partial charge is 0.490 e. The molecule has 1 aliphatic rings. The molecule has 0 aromatic carbocycles. The lowest BCUT2D eigenvalue weighted by Crippen LogP contribution is -2.26. The first-order valence-corrected chi connectivity index (χ1v) is 8.12. The van der Waals surface area contributed by atoms with Crippen LogP contribution < -0.4 is 15.0 Å². The third-order valence-corrected chi connectivity index (χ3v) is 5.14. The molecule has 0 bridgehead atoms. The molecule has 1 N–H and O–H groups in total. The predicted octanol–water partition coefficient (Wildman–Crippen LogP) is 1.75. The molecule has 7 nitrogen and oxygen atoms in total. The number of ether oxygens (including phenoxy) is 1. The minimum atomic E-state index is -1.34. The summed E-state index contributed by atoms with van der Waals surface area (Å²) in [7, 11) is 3.34. The Kier molecular flexibility index (Phi) is 4.46. The molecule has 1 saturated carbocycles. The second-order valence-electron chi connectivity index (χ2n) is 5.61. The van der Waals surface area contributed by atoms with Crippen molar-refractivity contribution in [2.75, 3.05) is 13.7 Å². The smallest absolute Gasteiger partial charge is 0.385 e. The molecule has 1 aliphatic carbocycles. The summed E-state index contributed by atoms with van der Waals surface area (Å²) in [6.45, 7) is 0.486. The van der Waals surface area contributed by atoms with Crippen molar-refractivity contribution < 1.29 is 19.0 Å². The highest BCUT2D eigenvalue weighted by Gasteiger charge is 2.44. The van der Waals surface area contributed by atoms with Crippen molar-refractivity contribution in [2.24, 2.45) is 7.05 Å². The number of aryl methyl sites for hydroxylation is 1. The van der Waals surface area contributed by atoms with E-state index in [9.17, 15) is 14.1 Å². The van der Waals surface area contributed by atoms with Gasteiger partial charge in [0.1, 0.15) is 23.4 Å². The Balaban J connectivity index is 1.99. The Labute approximate surface area is 141 Å². The summed E-state index contributed by atoms with van der Waals surface area (Å²) in [5, 5.41) is 0. The van der Waals surface area contributed by atoms with E-state index in [1.807, 2.05) is 7.05 Å². The van der Waals surface area contributed by atoms with Crippen LogP contribution in [0.2, 0.25) is 0 Å². The number of nitrogens with one attached hydrogen (secondary N) is 1. The molecule has 0 unspecified atom stereocenters. The van der Waals surface area contributed by atoms with Crippen molar-refractivity contribution in [2.45, 2.75) is 17.6 Å². The Hall–Kier alpha value is -2.13. The molecule has 2 aromatic rings. The fourth-order valence-electron chi connectivity index (χ4n) is 2.52. The number of hydrogen-bond donors (Lipinski definition) is 1. The van der Waals surface area contributed by atoms with E-state index in [1.165, 1.54) is 23.9 Å². The summed E-state index contributed by atoms with van der Waals surface area (Å²) < 4.78 is 22.4. The average Bonchev–Trinajstić information content (AvgIpc) is 3.35. The first kappa shape index (κ1) is 16.7. The van der Waals surface area contributed by atoms with Gasteiger partial charge in [-0.05, 0) is 26.0 Å². The van der Waals surface area contributed by atoms with Gasteiger partial charge in [0.2, 0.25) is 0 Å². The number of halogens is 1.